The van der Waals surface area contributed by atoms with Crippen LogP contribution in [0.25, 0.3) is 5.69 Å². The summed E-state index contributed by atoms with van der Waals surface area (Å²) in [6, 6.07) is 15.7. The molecule has 1 fully saturated rings. The Morgan fingerprint density at radius 1 is 0.938 bits per heavy atom. The molecule has 0 N–H and O–H groups in total. The van der Waals surface area contributed by atoms with Crippen molar-refractivity contribution >= 4 is 27.5 Å². The molecule has 2 aromatic carbocycles. The Bertz CT molecular complexity index is 1270. The maximum atomic E-state index is 12.7. The molecule has 0 atom stereocenters. The van der Waals surface area contributed by atoms with Crippen molar-refractivity contribution in [2.75, 3.05) is 26.2 Å². The number of hydrogen-bond acceptors (Lipinski definition) is 6. The lowest BCUT2D eigenvalue weighted by Gasteiger charge is -2.34. The van der Waals surface area contributed by atoms with Crippen LogP contribution in [-0.2, 0) is 27.1 Å². The van der Waals surface area contributed by atoms with Gasteiger partial charge in [0.05, 0.1) is 16.5 Å². The Balaban J connectivity index is 1.37. The van der Waals surface area contributed by atoms with E-state index in [1.807, 2.05) is 6.07 Å². The second-order valence-electron chi connectivity index (χ2n) is 7.30. The van der Waals surface area contributed by atoms with Gasteiger partial charge >= 0.3 is 5.69 Å². The summed E-state index contributed by atoms with van der Waals surface area (Å²) in [5.41, 5.74) is 0.498. The Hall–Kier alpha value is -3.02. The Morgan fingerprint density at radius 2 is 1.59 bits per heavy atom. The predicted octanol–water partition coefficient (Wildman–Crippen LogP) is 0.757. The number of piperazine rings is 1. The summed E-state index contributed by atoms with van der Waals surface area (Å²) < 4.78 is 28.7. The summed E-state index contributed by atoms with van der Waals surface area (Å²) in [6.07, 6.45) is 0. The molecule has 32 heavy (non-hydrogen) atoms. The van der Waals surface area contributed by atoms with Crippen molar-refractivity contribution in [1.82, 2.24) is 29.0 Å². The number of carbonyl (C=O) groups is 1. The number of rotatable bonds is 6. The largest absolute Gasteiger partial charge is 0.369 e. The highest BCUT2D eigenvalue weighted by Gasteiger charge is 2.29. The third-order valence-corrected chi connectivity index (χ3v) is 7.35. The van der Waals surface area contributed by atoms with Gasteiger partial charge in [0.25, 0.3) is 0 Å². The molecule has 1 amide bonds. The van der Waals surface area contributed by atoms with Crippen LogP contribution in [0.4, 0.5) is 0 Å². The van der Waals surface area contributed by atoms with Crippen LogP contribution in [0.15, 0.2) is 59.4 Å². The first-order valence-corrected chi connectivity index (χ1v) is 11.9. The van der Waals surface area contributed by atoms with Crippen LogP contribution in [0.2, 0.25) is 5.02 Å². The summed E-state index contributed by atoms with van der Waals surface area (Å²) >= 11 is 6.10. The highest BCUT2D eigenvalue weighted by Crippen LogP contribution is 2.17. The summed E-state index contributed by atoms with van der Waals surface area (Å²) in [5, 5.41) is 7.91. The monoisotopic (exact) mass is 476 g/mol. The number of aromatic nitrogens is 4. The molecule has 0 unspecified atom stereocenters. The van der Waals surface area contributed by atoms with E-state index in [9.17, 15) is 18.0 Å². The number of tetrazole rings is 1. The summed E-state index contributed by atoms with van der Waals surface area (Å²) in [6.45, 7) is 0.574. The lowest BCUT2D eigenvalue weighted by atomic mass is 10.2. The van der Waals surface area contributed by atoms with Gasteiger partial charge in [0.1, 0.15) is 6.54 Å². The second kappa shape index (κ2) is 9.23. The van der Waals surface area contributed by atoms with Crippen molar-refractivity contribution < 1.29 is 13.2 Å². The van der Waals surface area contributed by atoms with Crippen LogP contribution < -0.4 is 5.69 Å². The fraction of sp³-hybridized carbons (Fsp3) is 0.300. The van der Waals surface area contributed by atoms with Crippen molar-refractivity contribution in [1.29, 1.82) is 0 Å². The van der Waals surface area contributed by atoms with Gasteiger partial charge < -0.3 is 4.90 Å². The number of carbonyl (C=O) groups excluding carboxylic acids is 1. The zero-order valence-electron chi connectivity index (χ0n) is 17.0. The van der Waals surface area contributed by atoms with Gasteiger partial charge in [-0.1, -0.05) is 54.1 Å². The molecule has 12 heteroatoms. The SMILES string of the molecule is O=C(Cn1nnn(-c2ccccc2Cl)c1=O)N1CCN(S(=O)(=O)Cc2ccccc2)CC1. The van der Waals surface area contributed by atoms with E-state index in [0.29, 0.717) is 16.3 Å². The molecule has 1 aliphatic heterocycles. The van der Waals surface area contributed by atoms with Gasteiger partial charge in [-0.2, -0.15) is 13.7 Å². The van der Waals surface area contributed by atoms with E-state index in [1.165, 1.54) is 9.21 Å². The van der Waals surface area contributed by atoms with Crippen LogP contribution in [0, 0.1) is 0 Å². The fourth-order valence-corrected chi connectivity index (χ4v) is 5.20. The van der Waals surface area contributed by atoms with Gasteiger partial charge in [0.2, 0.25) is 15.9 Å². The Labute approximate surface area is 189 Å². The first kappa shape index (κ1) is 22.2. The lowest BCUT2D eigenvalue weighted by Crippen LogP contribution is -2.51. The molecule has 3 aromatic rings. The van der Waals surface area contributed by atoms with Gasteiger partial charge in [-0.25, -0.2) is 13.2 Å². The van der Waals surface area contributed by atoms with E-state index >= 15 is 0 Å². The predicted molar refractivity (Wildman–Crippen MR) is 118 cm³/mol. The van der Waals surface area contributed by atoms with Crippen molar-refractivity contribution in [3.05, 3.63) is 75.7 Å². The first-order valence-electron chi connectivity index (χ1n) is 9.92. The van der Waals surface area contributed by atoms with E-state index in [1.54, 1.807) is 48.5 Å². The molecule has 2 heterocycles. The molecule has 1 aromatic heterocycles. The Kier molecular flexibility index (Phi) is 6.40. The molecule has 0 aliphatic carbocycles. The van der Waals surface area contributed by atoms with Gasteiger partial charge in [-0.05, 0) is 28.1 Å². The third kappa shape index (κ3) is 4.74. The minimum absolute atomic E-state index is 0.0810. The van der Waals surface area contributed by atoms with Crippen LogP contribution in [0.3, 0.4) is 0 Å². The molecule has 10 nitrogen and oxygen atoms in total. The highest BCUT2D eigenvalue weighted by atomic mass is 35.5. The fourth-order valence-electron chi connectivity index (χ4n) is 3.47. The van der Waals surface area contributed by atoms with Gasteiger partial charge in [0, 0.05) is 26.2 Å². The highest BCUT2D eigenvalue weighted by molar-refractivity contribution is 7.88. The topological polar surface area (TPSA) is 110 Å². The van der Waals surface area contributed by atoms with Crippen molar-refractivity contribution in [3.8, 4) is 5.69 Å². The molecule has 1 saturated heterocycles. The zero-order valence-corrected chi connectivity index (χ0v) is 18.6. The van der Waals surface area contributed by atoms with E-state index in [2.05, 4.69) is 10.4 Å². The first-order chi connectivity index (χ1) is 15.3. The number of benzene rings is 2. The third-order valence-electron chi connectivity index (χ3n) is 5.18. The molecule has 168 valence electrons. The molecular weight excluding hydrogens is 456 g/mol. The van der Waals surface area contributed by atoms with Crippen LogP contribution in [0.1, 0.15) is 5.56 Å². The van der Waals surface area contributed by atoms with Crippen molar-refractivity contribution in [3.63, 3.8) is 0 Å². The smallest absolute Gasteiger partial charge is 0.338 e. The van der Waals surface area contributed by atoms with Crippen molar-refractivity contribution in [2.24, 2.45) is 0 Å². The molecule has 0 bridgehead atoms. The molecular formula is C20H21ClN6O4S. The maximum Gasteiger partial charge on any atom is 0.369 e. The van der Waals surface area contributed by atoms with E-state index in [4.69, 9.17) is 11.6 Å². The standard InChI is InChI=1S/C20H21ClN6O4S/c21-17-8-4-5-9-18(17)27-20(29)26(22-23-27)14-19(28)24-10-12-25(13-11-24)32(30,31)15-16-6-2-1-3-7-16/h1-9H,10-15H2. The van der Waals surface area contributed by atoms with Crippen LogP contribution in [0.5, 0.6) is 0 Å². The van der Waals surface area contributed by atoms with Crippen LogP contribution in [-0.4, -0.2) is 69.5 Å². The minimum atomic E-state index is -3.48. The van der Waals surface area contributed by atoms with Crippen LogP contribution >= 0.6 is 11.6 Å². The zero-order chi connectivity index (χ0) is 22.7. The number of nitrogens with zero attached hydrogens (tertiary/aromatic N) is 6. The van der Waals surface area contributed by atoms with Gasteiger partial charge in [-0.15, -0.1) is 0 Å². The average Bonchev–Trinajstić information content (AvgIpc) is 3.14. The van der Waals surface area contributed by atoms with Gasteiger partial charge in [-0.3, -0.25) is 4.79 Å². The molecule has 0 saturated carbocycles. The number of halogens is 1. The quantitative estimate of drug-likeness (QED) is 0.519. The molecule has 0 radical (unpaired) electrons. The number of amides is 1. The van der Waals surface area contributed by atoms with E-state index < -0.39 is 15.7 Å². The Morgan fingerprint density at radius 3 is 2.28 bits per heavy atom. The molecule has 4 rings (SSSR count). The molecule has 1 aliphatic rings. The number of hydrogen-bond donors (Lipinski definition) is 0. The van der Waals surface area contributed by atoms with E-state index in [-0.39, 0.29) is 44.4 Å². The lowest BCUT2D eigenvalue weighted by molar-refractivity contribution is -0.133. The molecule has 0 spiro atoms. The number of sulfonamides is 1. The maximum absolute atomic E-state index is 12.7. The summed E-state index contributed by atoms with van der Waals surface area (Å²) in [5.74, 6) is -0.416. The number of para-hydroxylation sites is 1. The normalized spacial score (nSPS) is 15.1. The minimum Gasteiger partial charge on any atom is -0.338 e. The summed E-state index contributed by atoms with van der Waals surface area (Å²) in [7, 11) is -3.48. The van der Waals surface area contributed by atoms with E-state index in [0.717, 1.165) is 9.36 Å². The second-order valence-corrected chi connectivity index (χ2v) is 9.68. The van der Waals surface area contributed by atoms with Gasteiger partial charge in [0.15, 0.2) is 0 Å². The average molecular weight is 477 g/mol. The van der Waals surface area contributed by atoms with Crippen molar-refractivity contribution in [2.45, 2.75) is 12.3 Å². The summed E-state index contributed by atoms with van der Waals surface area (Å²) in [4.78, 5) is 26.8.